The van der Waals surface area contributed by atoms with Gasteiger partial charge in [-0.2, -0.15) is 0 Å². The number of likely N-dealkylation sites (N-methyl/N-ethyl adjacent to an activating group) is 1. The number of rotatable bonds is 9. The van der Waals surface area contributed by atoms with Crippen LogP contribution in [0.25, 0.3) is 0 Å². The van der Waals surface area contributed by atoms with E-state index in [9.17, 15) is 13.2 Å². The van der Waals surface area contributed by atoms with Crippen molar-refractivity contribution in [1.29, 1.82) is 0 Å². The molecule has 1 fully saturated rings. The second-order valence-corrected chi connectivity index (χ2v) is 12.3. The van der Waals surface area contributed by atoms with Gasteiger partial charge in [0.2, 0.25) is 5.91 Å². The molecule has 3 atom stereocenters. The number of benzene rings is 3. The largest absolute Gasteiger partial charge is 0.497 e. The summed E-state index contributed by atoms with van der Waals surface area (Å²) in [6, 6.07) is 13.9. The molecule has 2 unspecified atom stereocenters. The Morgan fingerprint density at radius 1 is 1.02 bits per heavy atom. The molecule has 0 aromatic heterocycles. The van der Waals surface area contributed by atoms with Crippen LogP contribution in [0.5, 0.6) is 17.2 Å². The van der Waals surface area contributed by atoms with Crippen molar-refractivity contribution in [2.24, 2.45) is 0 Å². The Bertz CT molecular complexity index is 1690. The van der Waals surface area contributed by atoms with E-state index in [0.717, 1.165) is 0 Å². The van der Waals surface area contributed by atoms with Crippen molar-refractivity contribution >= 4 is 39.1 Å². The molecule has 2 aliphatic heterocycles. The number of carbonyl (C=O) groups excluding carboxylic acids is 2. The Hall–Kier alpha value is -3.87. The van der Waals surface area contributed by atoms with Gasteiger partial charge in [0.1, 0.15) is 28.3 Å². The number of nitrogens with one attached hydrogen (secondary N) is 1. The molecule has 2 heterocycles. The summed E-state index contributed by atoms with van der Waals surface area (Å²) in [5.74, 6) is -0.917. The number of sulfonamides is 1. The molecular weight excluding hydrogens is 601 g/mol. The second-order valence-electron chi connectivity index (χ2n) is 10.1. The fraction of sp³-hybridized carbons (Fsp3) is 0.333. The zero-order chi connectivity index (χ0) is 31.1. The summed E-state index contributed by atoms with van der Waals surface area (Å²) in [6.07, 6.45) is -1.69. The number of amides is 2. The first-order valence-electron chi connectivity index (χ1n) is 13.5. The second kappa shape index (κ2) is 11.7. The summed E-state index contributed by atoms with van der Waals surface area (Å²) in [4.78, 5) is 29.6. The van der Waals surface area contributed by atoms with Gasteiger partial charge >= 0.3 is 0 Å². The third-order valence-corrected chi connectivity index (χ3v) is 9.75. The van der Waals surface area contributed by atoms with Crippen LogP contribution in [0.4, 0.5) is 10.1 Å². The van der Waals surface area contributed by atoms with Gasteiger partial charge in [0, 0.05) is 41.7 Å². The minimum absolute atomic E-state index is 0.00450. The lowest BCUT2D eigenvalue weighted by molar-refractivity contribution is -0.133. The smallest absolute Gasteiger partial charge is 0.274 e. The van der Waals surface area contributed by atoms with Crippen LogP contribution in [0.15, 0.2) is 65.6 Å². The predicted octanol–water partition coefficient (Wildman–Crippen LogP) is 3.89. The lowest BCUT2D eigenvalue weighted by Crippen LogP contribution is -2.59. The Morgan fingerprint density at radius 3 is 2.42 bits per heavy atom. The van der Waals surface area contributed by atoms with Gasteiger partial charge < -0.3 is 19.5 Å². The predicted molar refractivity (Wildman–Crippen MR) is 158 cm³/mol. The maximum Gasteiger partial charge on any atom is 0.274 e. The maximum atomic E-state index is 15.3. The first-order chi connectivity index (χ1) is 20.6. The number of hydrogen-bond acceptors (Lipinski definition) is 8. The highest BCUT2D eigenvalue weighted by atomic mass is 35.5. The molecule has 0 saturated carbocycles. The van der Waals surface area contributed by atoms with Crippen LogP contribution < -0.4 is 23.8 Å². The van der Waals surface area contributed by atoms with Gasteiger partial charge in [-0.3, -0.25) is 14.5 Å². The third kappa shape index (κ3) is 4.77. The molecule has 13 heteroatoms. The number of halogens is 2. The van der Waals surface area contributed by atoms with Crippen molar-refractivity contribution in [2.75, 3.05) is 38.7 Å². The minimum Gasteiger partial charge on any atom is -0.497 e. The Labute approximate surface area is 254 Å². The molecule has 3 aromatic rings. The van der Waals surface area contributed by atoms with Gasteiger partial charge in [0.05, 0.1) is 33.1 Å². The van der Waals surface area contributed by atoms with Crippen molar-refractivity contribution < 1.29 is 36.6 Å². The van der Waals surface area contributed by atoms with E-state index in [1.165, 1.54) is 62.6 Å². The SMILES string of the molecule is CCNC(=O)[C@@H]1CC(F)CN1C1(c2ccccc2OC)C(=O)N(S(=O)(=O)c2ccc(OC)cc2OC)c2ccc(Cl)cc21. The van der Waals surface area contributed by atoms with Crippen molar-refractivity contribution in [3.63, 3.8) is 0 Å². The summed E-state index contributed by atoms with van der Waals surface area (Å²) < 4.78 is 61.3. The van der Waals surface area contributed by atoms with Gasteiger partial charge in [-0.1, -0.05) is 29.8 Å². The Morgan fingerprint density at radius 2 is 1.74 bits per heavy atom. The Balaban J connectivity index is 1.85. The standard InChI is InChI=1S/C30H31ClFN3O7S/c1-5-33-28(36)24-15-19(32)17-34(24)30(21-8-6-7-9-25(21)41-3)22-14-18(31)10-12-23(22)35(29(30)37)43(38,39)27-13-11-20(40-2)16-26(27)42-4/h6-14,16,19,24H,5,15,17H2,1-4H3,(H,33,36)/t19?,24-,30?/m0/s1. The molecule has 228 valence electrons. The lowest BCUT2D eigenvalue weighted by Gasteiger charge is -2.41. The molecule has 43 heavy (non-hydrogen) atoms. The normalized spacial score (nSPS) is 21.9. The van der Waals surface area contributed by atoms with Gasteiger partial charge in [0.15, 0.2) is 5.54 Å². The average molecular weight is 632 g/mol. The number of methoxy groups -OCH3 is 3. The highest BCUT2D eigenvalue weighted by Crippen LogP contribution is 2.55. The van der Waals surface area contributed by atoms with E-state index in [-0.39, 0.29) is 57.7 Å². The quantitative estimate of drug-likeness (QED) is 0.378. The maximum absolute atomic E-state index is 15.3. The van der Waals surface area contributed by atoms with Crippen LogP contribution >= 0.6 is 11.6 Å². The van der Waals surface area contributed by atoms with Gasteiger partial charge in [-0.05, 0) is 43.3 Å². The number of anilines is 1. The molecule has 3 aromatic carbocycles. The molecule has 0 radical (unpaired) electrons. The summed E-state index contributed by atoms with van der Waals surface area (Å²) >= 11 is 6.49. The van der Waals surface area contributed by atoms with E-state index in [1.807, 2.05) is 0 Å². The van der Waals surface area contributed by atoms with Crippen LogP contribution in [0.1, 0.15) is 24.5 Å². The van der Waals surface area contributed by atoms with E-state index in [1.54, 1.807) is 31.2 Å². The van der Waals surface area contributed by atoms with Crippen molar-refractivity contribution in [3.8, 4) is 17.2 Å². The topological polar surface area (TPSA) is 114 Å². The molecule has 0 bridgehead atoms. The monoisotopic (exact) mass is 631 g/mol. The number of hydrogen-bond donors (Lipinski definition) is 1. The molecule has 10 nitrogen and oxygen atoms in total. The number of likely N-dealkylation sites (tertiary alicyclic amines) is 1. The minimum atomic E-state index is -4.67. The molecule has 2 aliphatic rings. The highest BCUT2D eigenvalue weighted by Gasteiger charge is 2.64. The van der Waals surface area contributed by atoms with Crippen LogP contribution in [-0.4, -0.2) is 71.8 Å². The van der Waals surface area contributed by atoms with E-state index in [4.69, 9.17) is 25.8 Å². The van der Waals surface area contributed by atoms with Gasteiger partial charge in [-0.15, -0.1) is 0 Å². The lowest BCUT2D eigenvalue weighted by atomic mass is 9.80. The van der Waals surface area contributed by atoms with Gasteiger partial charge in [0.25, 0.3) is 15.9 Å². The number of alkyl halides is 1. The van der Waals surface area contributed by atoms with Crippen LogP contribution in [0, 0.1) is 0 Å². The van der Waals surface area contributed by atoms with Crippen LogP contribution in [-0.2, 0) is 25.2 Å². The van der Waals surface area contributed by atoms with E-state index in [2.05, 4.69) is 5.32 Å². The van der Waals surface area contributed by atoms with Crippen LogP contribution in [0.2, 0.25) is 5.02 Å². The number of fused-ring (bicyclic) bond motifs is 1. The summed E-state index contributed by atoms with van der Waals surface area (Å²) in [5, 5.41) is 2.93. The molecule has 1 saturated heterocycles. The van der Waals surface area contributed by atoms with E-state index in [0.29, 0.717) is 10.1 Å². The average Bonchev–Trinajstić information content (AvgIpc) is 3.51. The Kier molecular flexibility index (Phi) is 8.30. The summed E-state index contributed by atoms with van der Waals surface area (Å²) in [5.41, 5.74) is -1.63. The van der Waals surface area contributed by atoms with Crippen molar-refractivity contribution in [2.45, 2.75) is 36.0 Å². The van der Waals surface area contributed by atoms with Crippen molar-refractivity contribution in [1.82, 2.24) is 10.2 Å². The third-order valence-electron chi connectivity index (χ3n) is 7.78. The first-order valence-corrected chi connectivity index (χ1v) is 15.3. The zero-order valence-electron chi connectivity index (χ0n) is 24.0. The summed E-state index contributed by atoms with van der Waals surface area (Å²) in [6.45, 7) is 1.67. The number of nitrogens with zero attached hydrogens (tertiary/aromatic N) is 2. The molecule has 5 rings (SSSR count). The van der Waals surface area contributed by atoms with Crippen molar-refractivity contribution in [3.05, 3.63) is 76.8 Å². The van der Waals surface area contributed by atoms with E-state index < -0.39 is 39.6 Å². The highest BCUT2D eigenvalue weighted by molar-refractivity contribution is 7.93. The van der Waals surface area contributed by atoms with Crippen LogP contribution in [0.3, 0.4) is 0 Å². The van der Waals surface area contributed by atoms with E-state index >= 15 is 9.18 Å². The summed E-state index contributed by atoms with van der Waals surface area (Å²) in [7, 11) is -0.541. The fourth-order valence-electron chi connectivity index (χ4n) is 6.00. The number of carbonyl (C=O) groups is 2. The molecule has 0 spiro atoms. The number of para-hydroxylation sites is 1. The zero-order valence-corrected chi connectivity index (χ0v) is 25.5. The number of ether oxygens (including phenoxy) is 3. The molecule has 2 amide bonds. The first kappa shape index (κ1) is 30.6. The molecule has 1 N–H and O–H groups in total. The molecular formula is C30H31ClFN3O7S. The van der Waals surface area contributed by atoms with Gasteiger partial charge in [-0.25, -0.2) is 17.1 Å². The fourth-order valence-corrected chi connectivity index (χ4v) is 7.78. The molecule has 0 aliphatic carbocycles.